The summed E-state index contributed by atoms with van der Waals surface area (Å²) in [5.41, 5.74) is 3.15. The van der Waals surface area contributed by atoms with Crippen molar-refractivity contribution in [3.05, 3.63) is 75.0 Å². The van der Waals surface area contributed by atoms with E-state index in [0.29, 0.717) is 5.82 Å². The molecule has 0 aliphatic carbocycles. The van der Waals surface area contributed by atoms with Gasteiger partial charge in [0, 0.05) is 18.0 Å². The van der Waals surface area contributed by atoms with Gasteiger partial charge in [0.15, 0.2) is 17.4 Å². The van der Waals surface area contributed by atoms with Crippen LogP contribution in [0, 0.1) is 11.3 Å². The molecule has 0 spiro atoms. The molecule has 4 rings (SSSR count). The predicted molar refractivity (Wildman–Crippen MR) is 119 cm³/mol. The van der Waals surface area contributed by atoms with Crippen LogP contribution in [0.3, 0.4) is 0 Å². The number of rotatable bonds is 5. The molecule has 0 saturated heterocycles. The van der Waals surface area contributed by atoms with Gasteiger partial charge in [0.2, 0.25) is 0 Å². The fourth-order valence-electron chi connectivity index (χ4n) is 3.60. The van der Waals surface area contributed by atoms with Gasteiger partial charge in [0.05, 0.1) is 22.3 Å². The number of aromatic nitrogens is 3. The first-order valence-electron chi connectivity index (χ1n) is 9.62. The molecule has 2 aromatic heterocycles. The lowest BCUT2D eigenvalue weighted by atomic mass is 9.89. The minimum absolute atomic E-state index is 0.0110. The zero-order chi connectivity index (χ0) is 24.6. The monoisotopic (exact) mass is 507 g/mol. The van der Waals surface area contributed by atoms with Crippen LogP contribution < -0.4 is 11.1 Å². The highest BCUT2D eigenvalue weighted by Gasteiger charge is 2.38. The van der Waals surface area contributed by atoms with E-state index in [-0.39, 0.29) is 39.4 Å². The van der Waals surface area contributed by atoms with Gasteiger partial charge in [-0.2, -0.15) is 5.26 Å². The number of nitrogens with zero attached hydrogens (tertiary/aromatic N) is 5. The zero-order valence-corrected chi connectivity index (χ0v) is 18.6. The van der Waals surface area contributed by atoms with Gasteiger partial charge in [-0.1, -0.05) is 35.3 Å². The van der Waals surface area contributed by atoms with E-state index in [1.807, 2.05) is 0 Å². The summed E-state index contributed by atoms with van der Waals surface area (Å²) in [5.74, 6) is -0.618. The number of fused-ring (bicyclic) bond motifs is 1. The van der Waals surface area contributed by atoms with Gasteiger partial charge in [-0.15, -0.1) is 0 Å². The number of nitrogens with one attached hydrogen (secondary N) is 1. The molecular formula is C21H14Cl2F3N7O. The van der Waals surface area contributed by atoms with Gasteiger partial charge in [-0.05, 0) is 17.7 Å². The van der Waals surface area contributed by atoms with Crippen molar-refractivity contribution in [2.45, 2.75) is 18.5 Å². The van der Waals surface area contributed by atoms with Crippen molar-refractivity contribution in [2.75, 3.05) is 12.0 Å². The zero-order valence-electron chi connectivity index (χ0n) is 17.1. The number of hydrogen-bond donors (Lipinski definition) is 2. The number of nitrogens with two attached hydrogens (primary N) is 1. The van der Waals surface area contributed by atoms with Gasteiger partial charge in [0.1, 0.15) is 24.0 Å². The summed E-state index contributed by atoms with van der Waals surface area (Å²) < 4.78 is 43.4. The summed E-state index contributed by atoms with van der Waals surface area (Å²) in [6, 6.07) is 6.43. The number of carbonyl (C=O) groups is 1. The fraction of sp³-hybridized carbons (Fsp3) is 0.190. The van der Waals surface area contributed by atoms with Crippen LogP contribution in [0.25, 0.3) is 0 Å². The molecule has 0 fully saturated rings. The number of amidine groups is 1. The van der Waals surface area contributed by atoms with E-state index in [4.69, 9.17) is 34.2 Å². The second-order valence-corrected chi connectivity index (χ2v) is 8.17. The first kappa shape index (κ1) is 23.5. The SMILES string of the molecule is N#Cc1nc(C(=O)Nc2cc(C3(CF)Cn4ccnc4C(N)=N3)ccc2C(F)F)c(Cl)cc1Cl. The predicted octanol–water partition coefficient (Wildman–Crippen LogP) is 4.23. The van der Waals surface area contributed by atoms with Crippen molar-refractivity contribution in [1.29, 1.82) is 5.26 Å². The number of hydrogen-bond acceptors (Lipinski definition) is 6. The summed E-state index contributed by atoms with van der Waals surface area (Å²) in [4.78, 5) is 24.9. The van der Waals surface area contributed by atoms with Gasteiger partial charge < -0.3 is 15.6 Å². The Kier molecular flexibility index (Phi) is 6.20. The first-order valence-corrected chi connectivity index (χ1v) is 10.4. The molecule has 3 heterocycles. The molecule has 0 saturated carbocycles. The Morgan fingerprint density at radius 1 is 1.32 bits per heavy atom. The Morgan fingerprint density at radius 2 is 2.09 bits per heavy atom. The number of aliphatic imine (C=N–C) groups is 1. The molecule has 1 unspecified atom stereocenters. The van der Waals surface area contributed by atoms with E-state index in [1.165, 1.54) is 18.3 Å². The van der Waals surface area contributed by atoms with Crippen molar-refractivity contribution in [3.8, 4) is 6.07 Å². The van der Waals surface area contributed by atoms with Crippen molar-refractivity contribution < 1.29 is 18.0 Å². The maximum absolute atomic E-state index is 14.4. The van der Waals surface area contributed by atoms with Crippen LogP contribution in [0.4, 0.5) is 18.9 Å². The maximum atomic E-state index is 14.4. The van der Waals surface area contributed by atoms with E-state index < -0.39 is 35.8 Å². The lowest BCUT2D eigenvalue weighted by molar-refractivity contribution is 0.102. The molecule has 3 aromatic rings. The Balaban J connectivity index is 1.76. The van der Waals surface area contributed by atoms with Crippen molar-refractivity contribution in [1.82, 2.24) is 14.5 Å². The Hall–Kier alpha value is -3.62. The third-order valence-electron chi connectivity index (χ3n) is 5.26. The molecule has 1 aromatic carbocycles. The summed E-state index contributed by atoms with van der Waals surface area (Å²) >= 11 is 11.9. The van der Waals surface area contributed by atoms with Crippen molar-refractivity contribution >= 4 is 40.6 Å². The Labute approximate surface area is 200 Å². The minimum atomic E-state index is -2.96. The summed E-state index contributed by atoms with van der Waals surface area (Å²) in [6.07, 6.45) is 0.114. The first-order chi connectivity index (χ1) is 16.2. The molecule has 1 atom stereocenters. The quantitative estimate of drug-likeness (QED) is 0.534. The molecule has 0 bridgehead atoms. The maximum Gasteiger partial charge on any atom is 0.275 e. The summed E-state index contributed by atoms with van der Waals surface area (Å²) in [5, 5.41) is 11.2. The highest BCUT2D eigenvalue weighted by atomic mass is 35.5. The fourth-order valence-corrected chi connectivity index (χ4v) is 4.09. The van der Waals surface area contributed by atoms with Crippen LogP contribution in [-0.2, 0) is 12.1 Å². The number of carbonyl (C=O) groups excluding carboxylic acids is 1. The van der Waals surface area contributed by atoms with Gasteiger partial charge >= 0.3 is 0 Å². The number of anilines is 1. The number of amides is 1. The molecule has 0 radical (unpaired) electrons. The Morgan fingerprint density at radius 3 is 2.76 bits per heavy atom. The molecule has 13 heteroatoms. The average molecular weight is 508 g/mol. The molecule has 1 aliphatic rings. The number of benzene rings is 1. The van der Waals surface area contributed by atoms with Crippen LogP contribution >= 0.6 is 23.2 Å². The molecule has 3 N–H and O–H groups in total. The van der Waals surface area contributed by atoms with E-state index in [0.717, 1.165) is 12.1 Å². The van der Waals surface area contributed by atoms with Crippen LogP contribution in [0.15, 0.2) is 41.7 Å². The summed E-state index contributed by atoms with van der Waals surface area (Å²) in [6.45, 7) is -0.986. The highest BCUT2D eigenvalue weighted by molar-refractivity contribution is 6.37. The topological polar surface area (TPSA) is 122 Å². The van der Waals surface area contributed by atoms with Crippen molar-refractivity contribution in [2.24, 2.45) is 10.7 Å². The number of halogens is 5. The second kappa shape index (κ2) is 8.96. The van der Waals surface area contributed by atoms with Crippen LogP contribution in [0.5, 0.6) is 0 Å². The standard InChI is InChI=1S/C21H14Cl2F3N7O/c22-12-6-13(23)16(30-15(12)7-27)20(34)31-14-5-10(1-2-11(14)17(25)26)21(8-24)9-33-4-3-29-19(33)18(28)32-21/h1-6,17H,8-9H2,(H2,28,32)(H,31,34). The molecule has 8 nitrogen and oxygen atoms in total. The number of imidazole rings is 1. The van der Waals surface area contributed by atoms with E-state index in [1.54, 1.807) is 16.8 Å². The van der Waals surface area contributed by atoms with Crippen LogP contribution in [0.1, 0.15) is 39.6 Å². The average Bonchev–Trinajstić information content (AvgIpc) is 3.27. The smallest absolute Gasteiger partial charge is 0.275 e. The van der Waals surface area contributed by atoms with Crippen LogP contribution in [-0.4, -0.2) is 33.0 Å². The van der Waals surface area contributed by atoms with E-state index >= 15 is 0 Å². The second-order valence-electron chi connectivity index (χ2n) is 7.36. The summed E-state index contributed by atoms with van der Waals surface area (Å²) in [7, 11) is 0. The van der Waals surface area contributed by atoms with Gasteiger partial charge in [0.25, 0.3) is 12.3 Å². The van der Waals surface area contributed by atoms with Crippen LogP contribution in [0.2, 0.25) is 10.0 Å². The number of nitriles is 1. The molecule has 174 valence electrons. The minimum Gasteiger partial charge on any atom is -0.381 e. The van der Waals surface area contributed by atoms with Gasteiger partial charge in [-0.25, -0.2) is 28.1 Å². The van der Waals surface area contributed by atoms with Crippen molar-refractivity contribution in [3.63, 3.8) is 0 Å². The number of alkyl halides is 3. The number of pyridine rings is 1. The largest absolute Gasteiger partial charge is 0.381 e. The molecular weight excluding hydrogens is 494 g/mol. The Bertz CT molecular complexity index is 1370. The molecule has 34 heavy (non-hydrogen) atoms. The normalized spacial score (nSPS) is 17.1. The van der Waals surface area contributed by atoms with E-state index in [2.05, 4.69) is 20.3 Å². The van der Waals surface area contributed by atoms with Gasteiger partial charge in [-0.3, -0.25) is 4.79 Å². The highest BCUT2D eigenvalue weighted by Crippen LogP contribution is 2.37. The third kappa shape index (κ3) is 4.06. The lowest BCUT2D eigenvalue weighted by Gasteiger charge is -2.32. The third-order valence-corrected chi connectivity index (χ3v) is 5.83. The molecule has 1 amide bonds. The molecule has 1 aliphatic heterocycles. The van der Waals surface area contributed by atoms with E-state index in [9.17, 15) is 18.0 Å². The lowest BCUT2D eigenvalue weighted by Crippen LogP contribution is -2.40.